The highest BCUT2D eigenvalue weighted by Gasteiger charge is 2.14. The van der Waals surface area contributed by atoms with E-state index in [1.165, 1.54) is 12.1 Å². The molecule has 0 atom stereocenters. The van der Waals surface area contributed by atoms with E-state index in [1.807, 2.05) is 0 Å². The van der Waals surface area contributed by atoms with Crippen molar-refractivity contribution in [3.63, 3.8) is 0 Å². The van der Waals surface area contributed by atoms with E-state index in [4.69, 9.17) is 22.1 Å². The Bertz CT molecular complexity index is 684. The van der Waals surface area contributed by atoms with Crippen molar-refractivity contribution in [1.82, 2.24) is 0 Å². The maximum atomic E-state index is 12.1. The maximum Gasteiger partial charge on any atom is 0.181 e. The fourth-order valence-corrected chi connectivity index (χ4v) is 2.90. The van der Waals surface area contributed by atoms with Crippen molar-refractivity contribution in [2.45, 2.75) is 4.90 Å². The van der Waals surface area contributed by atoms with Crippen LogP contribution in [-0.4, -0.2) is 20.8 Å². The molecule has 2 N–H and O–H groups in total. The number of hydrogen-bond acceptors (Lipinski definition) is 4. The summed E-state index contributed by atoms with van der Waals surface area (Å²) in [5, 5.41) is 0.456. The minimum atomic E-state index is -3.38. The van der Waals surface area contributed by atoms with E-state index in [2.05, 4.69) is 0 Å². The fourth-order valence-electron chi connectivity index (χ4n) is 1.62. The number of anilines is 1. The number of halogens is 1. The Morgan fingerprint density at radius 3 is 2.35 bits per heavy atom. The van der Waals surface area contributed by atoms with Gasteiger partial charge in [0.25, 0.3) is 0 Å². The van der Waals surface area contributed by atoms with Gasteiger partial charge >= 0.3 is 0 Å². The second-order valence-electron chi connectivity index (χ2n) is 4.17. The molecular weight excluding hydrogens is 298 g/mol. The van der Waals surface area contributed by atoms with Crippen LogP contribution in [0.15, 0.2) is 53.4 Å². The number of benzene rings is 2. The Kier molecular flexibility index (Phi) is 4.52. The zero-order chi connectivity index (χ0) is 14.6. The van der Waals surface area contributed by atoms with E-state index in [0.717, 1.165) is 0 Å². The summed E-state index contributed by atoms with van der Waals surface area (Å²) in [7, 11) is -3.38. The predicted molar refractivity (Wildman–Crippen MR) is 79.9 cm³/mol. The second kappa shape index (κ2) is 6.15. The SMILES string of the molecule is Nc1ccc(S(=O)(=O)CCOc2ccccc2Cl)cc1. The molecule has 0 heterocycles. The normalized spacial score (nSPS) is 11.2. The van der Waals surface area contributed by atoms with Crippen molar-refractivity contribution in [3.05, 3.63) is 53.6 Å². The van der Waals surface area contributed by atoms with Gasteiger partial charge in [0.1, 0.15) is 12.4 Å². The smallest absolute Gasteiger partial charge is 0.181 e. The number of rotatable bonds is 5. The van der Waals surface area contributed by atoms with Crippen LogP contribution >= 0.6 is 11.6 Å². The molecule has 2 aromatic carbocycles. The standard InChI is InChI=1S/C14H14ClNO3S/c15-13-3-1-2-4-14(13)19-9-10-20(17,18)12-7-5-11(16)6-8-12/h1-8H,9-10,16H2. The Morgan fingerprint density at radius 2 is 1.70 bits per heavy atom. The third-order valence-corrected chi connectivity index (χ3v) is 4.69. The van der Waals surface area contributed by atoms with Crippen LogP contribution in [0.1, 0.15) is 0 Å². The molecule has 0 aliphatic heterocycles. The monoisotopic (exact) mass is 311 g/mol. The number of sulfone groups is 1. The molecule has 0 unspecified atom stereocenters. The first-order valence-electron chi connectivity index (χ1n) is 5.95. The molecule has 0 fully saturated rings. The fraction of sp³-hybridized carbons (Fsp3) is 0.143. The molecule has 0 bridgehead atoms. The minimum Gasteiger partial charge on any atom is -0.491 e. The first kappa shape index (κ1) is 14.7. The van der Waals surface area contributed by atoms with Crippen LogP contribution in [0.5, 0.6) is 5.75 Å². The van der Waals surface area contributed by atoms with Crippen LogP contribution in [0.4, 0.5) is 5.69 Å². The molecule has 0 saturated heterocycles. The molecule has 0 aliphatic rings. The van der Waals surface area contributed by atoms with Crippen molar-refractivity contribution < 1.29 is 13.2 Å². The van der Waals surface area contributed by atoms with Crippen LogP contribution in [-0.2, 0) is 9.84 Å². The number of para-hydroxylation sites is 1. The van der Waals surface area contributed by atoms with Crippen LogP contribution in [0, 0.1) is 0 Å². The summed E-state index contributed by atoms with van der Waals surface area (Å²) >= 11 is 5.92. The average molecular weight is 312 g/mol. The van der Waals surface area contributed by atoms with Gasteiger partial charge in [-0.15, -0.1) is 0 Å². The summed E-state index contributed by atoms with van der Waals surface area (Å²) in [6, 6.07) is 13.0. The lowest BCUT2D eigenvalue weighted by Gasteiger charge is -2.08. The summed E-state index contributed by atoms with van der Waals surface area (Å²) in [6.07, 6.45) is 0. The third-order valence-electron chi connectivity index (χ3n) is 2.69. The highest BCUT2D eigenvalue weighted by molar-refractivity contribution is 7.91. The lowest BCUT2D eigenvalue weighted by atomic mass is 10.3. The van der Waals surface area contributed by atoms with Crippen molar-refractivity contribution >= 4 is 27.1 Å². The van der Waals surface area contributed by atoms with Crippen LogP contribution in [0.25, 0.3) is 0 Å². The Balaban J connectivity index is 2.00. The lowest BCUT2D eigenvalue weighted by molar-refractivity contribution is 0.341. The zero-order valence-corrected chi connectivity index (χ0v) is 12.2. The van der Waals surface area contributed by atoms with Crippen molar-refractivity contribution in [3.8, 4) is 5.75 Å². The van der Waals surface area contributed by atoms with Crippen LogP contribution in [0.2, 0.25) is 5.02 Å². The van der Waals surface area contributed by atoms with Gasteiger partial charge in [0.15, 0.2) is 9.84 Å². The highest BCUT2D eigenvalue weighted by atomic mass is 35.5. The number of nitrogen functional groups attached to an aromatic ring is 1. The summed E-state index contributed by atoms with van der Waals surface area (Å²) in [5.41, 5.74) is 6.05. The zero-order valence-electron chi connectivity index (χ0n) is 10.6. The molecule has 0 radical (unpaired) electrons. The quantitative estimate of drug-likeness (QED) is 0.862. The molecule has 6 heteroatoms. The van der Waals surface area contributed by atoms with Crippen molar-refractivity contribution in [2.75, 3.05) is 18.1 Å². The van der Waals surface area contributed by atoms with Gasteiger partial charge < -0.3 is 10.5 Å². The minimum absolute atomic E-state index is 0.0381. The van der Waals surface area contributed by atoms with E-state index in [9.17, 15) is 8.42 Å². The largest absolute Gasteiger partial charge is 0.491 e. The molecule has 106 valence electrons. The molecule has 0 aromatic heterocycles. The van der Waals surface area contributed by atoms with Gasteiger partial charge in [-0.1, -0.05) is 23.7 Å². The van der Waals surface area contributed by atoms with E-state index < -0.39 is 9.84 Å². The average Bonchev–Trinajstić information content (AvgIpc) is 2.41. The van der Waals surface area contributed by atoms with Crippen LogP contribution in [0.3, 0.4) is 0 Å². The predicted octanol–water partition coefficient (Wildman–Crippen LogP) is 2.77. The van der Waals surface area contributed by atoms with Gasteiger partial charge in [-0.2, -0.15) is 0 Å². The molecular formula is C14H14ClNO3S. The molecule has 20 heavy (non-hydrogen) atoms. The number of nitrogens with two attached hydrogens (primary N) is 1. The Labute approximate surface area is 123 Å². The van der Waals surface area contributed by atoms with E-state index in [0.29, 0.717) is 16.5 Å². The van der Waals surface area contributed by atoms with Crippen molar-refractivity contribution in [1.29, 1.82) is 0 Å². The number of ether oxygens (including phenoxy) is 1. The van der Waals surface area contributed by atoms with Gasteiger partial charge in [-0.05, 0) is 36.4 Å². The van der Waals surface area contributed by atoms with E-state index >= 15 is 0 Å². The molecule has 2 aromatic rings. The molecule has 0 saturated carbocycles. The molecule has 0 aliphatic carbocycles. The van der Waals surface area contributed by atoms with Gasteiger partial charge in [0, 0.05) is 5.69 Å². The summed E-state index contributed by atoms with van der Waals surface area (Å²) in [4.78, 5) is 0.231. The lowest BCUT2D eigenvalue weighted by Crippen LogP contribution is -2.14. The highest BCUT2D eigenvalue weighted by Crippen LogP contribution is 2.23. The van der Waals surface area contributed by atoms with Gasteiger partial charge in [0.05, 0.1) is 15.7 Å². The van der Waals surface area contributed by atoms with Gasteiger partial charge in [0.2, 0.25) is 0 Å². The van der Waals surface area contributed by atoms with Gasteiger partial charge in [-0.25, -0.2) is 8.42 Å². The maximum absolute atomic E-state index is 12.1. The van der Waals surface area contributed by atoms with Crippen LogP contribution < -0.4 is 10.5 Å². The molecule has 0 amide bonds. The Morgan fingerprint density at radius 1 is 1.05 bits per heavy atom. The molecule has 2 rings (SSSR count). The first-order valence-corrected chi connectivity index (χ1v) is 7.98. The molecule has 4 nitrogen and oxygen atoms in total. The molecule has 0 spiro atoms. The summed E-state index contributed by atoms with van der Waals surface area (Å²) in [6.45, 7) is 0.0381. The Hall–Kier alpha value is -1.72. The second-order valence-corrected chi connectivity index (χ2v) is 6.68. The van der Waals surface area contributed by atoms with E-state index in [1.54, 1.807) is 36.4 Å². The first-order chi connectivity index (χ1) is 9.49. The van der Waals surface area contributed by atoms with Gasteiger partial charge in [-0.3, -0.25) is 0 Å². The van der Waals surface area contributed by atoms with E-state index in [-0.39, 0.29) is 17.3 Å². The summed E-state index contributed by atoms with van der Waals surface area (Å²) < 4.78 is 29.5. The summed E-state index contributed by atoms with van der Waals surface area (Å²) in [5.74, 6) is 0.351. The third kappa shape index (κ3) is 3.65. The topological polar surface area (TPSA) is 69.4 Å². The van der Waals surface area contributed by atoms with Crippen molar-refractivity contribution in [2.24, 2.45) is 0 Å². The number of hydrogen-bond donors (Lipinski definition) is 1.